The predicted octanol–water partition coefficient (Wildman–Crippen LogP) is 1.68. The van der Waals surface area contributed by atoms with E-state index in [9.17, 15) is 14.9 Å². The number of nitrogens with zero attached hydrogens (tertiary/aromatic N) is 2. The van der Waals surface area contributed by atoms with Crippen molar-refractivity contribution in [2.45, 2.75) is 13.0 Å². The standard InChI is InChI=1S/C12H14ClN3O3/c1-8-7-15(5-4-14-8)12(17)10-6-9(16(18)19)2-3-11(10)13/h2-3,6,8,14H,4-5,7H2,1H3. The maximum atomic E-state index is 12.3. The van der Waals surface area contributed by atoms with Gasteiger partial charge in [-0.2, -0.15) is 0 Å². The molecule has 0 aliphatic carbocycles. The number of nitro groups is 1. The van der Waals surface area contributed by atoms with Gasteiger partial charge in [0.1, 0.15) is 0 Å². The lowest BCUT2D eigenvalue weighted by atomic mass is 10.1. The summed E-state index contributed by atoms with van der Waals surface area (Å²) in [5, 5.41) is 14.2. The van der Waals surface area contributed by atoms with Crippen molar-refractivity contribution >= 4 is 23.2 Å². The van der Waals surface area contributed by atoms with Crippen molar-refractivity contribution in [3.8, 4) is 0 Å². The van der Waals surface area contributed by atoms with Crippen LogP contribution < -0.4 is 5.32 Å². The number of carbonyl (C=O) groups is 1. The first-order valence-corrected chi connectivity index (χ1v) is 6.33. The van der Waals surface area contributed by atoms with Crippen LogP contribution in [0, 0.1) is 10.1 Å². The van der Waals surface area contributed by atoms with Crippen molar-refractivity contribution in [1.82, 2.24) is 10.2 Å². The number of carbonyl (C=O) groups excluding carboxylic acids is 1. The fourth-order valence-corrected chi connectivity index (χ4v) is 2.28. The second-order valence-corrected chi connectivity index (χ2v) is 4.93. The van der Waals surface area contributed by atoms with E-state index in [-0.39, 0.29) is 28.2 Å². The van der Waals surface area contributed by atoms with Crippen LogP contribution in [0.5, 0.6) is 0 Å². The molecule has 1 heterocycles. The lowest BCUT2D eigenvalue weighted by molar-refractivity contribution is -0.384. The van der Waals surface area contributed by atoms with Crippen molar-refractivity contribution in [1.29, 1.82) is 0 Å². The molecule has 0 radical (unpaired) electrons. The van der Waals surface area contributed by atoms with Gasteiger partial charge in [-0.25, -0.2) is 0 Å². The van der Waals surface area contributed by atoms with Crippen molar-refractivity contribution in [3.63, 3.8) is 0 Å². The van der Waals surface area contributed by atoms with Crippen LogP contribution in [0.25, 0.3) is 0 Å². The largest absolute Gasteiger partial charge is 0.336 e. The summed E-state index contributed by atoms with van der Waals surface area (Å²) in [5.41, 5.74) is 0.0564. The van der Waals surface area contributed by atoms with Gasteiger partial charge in [-0.05, 0) is 13.0 Å². The van der Waals surface area contributed by atoms with Crippen LogP contribution >= 0.6 is 11.6 Å². The number of hydrogen-bond acceptors (Lipinski definition) is 4. The highest BCUT2D eigenvalue weighted by molar-refractivity contribution is 6.33. The first-order valence-electron chi connectivity index (χ1n) is 5.95. The van der Waals surface area contributed by atoms with E-state index in [4.69, 9.17) is 11.6 Å². The fraction of sp³-hybridized carbons (Fsp3) is 0.417. The molecular weight excluding hydrogens is 270 g/mol. The van der Waals surface area contributed by atoms with Crippen molar-refractivity contribution in [3.05, 3.63) is 38.9 Å². The molecule has 0 bridgehead atoms. The molecule has 1 amide bonds. The molecule has 6 nitrogen and oxygen atoms in total. The average Bonchev–Trinajstić information content (AvgIpc) is 2.38. The van der Waals surface area contributed by atoms with E-state index >= 15 is 0 Å². The first-order chi connectivity index (χ1) is 8.99. The molecule has 1 unspecified atom stereocenters. The lowest BCUT2D eigenvalue weighted by Crippen LogP contribution is -2.51. The Morgan fingerprint density at radius 2 is 2.32 bits per heavy atom. The zero-order chi connectivity index (χ0) is 14.0. The maximum Gasteiger partial charge on any atom is 0.270 e. The highest BCUT2D eigenvalue weighted by atomic mass is 35.5. The topological polar surface area (TPSA) is 75.5 Å². The van der Waals surface area contributed by atoms with Crippen molar-refractivity contribution < 1.29 is 9.72 Å². The van der Waals surface area contributed by atoms with Gasteiger partial charge >= 0.3 is 0 Å². The van der Waals surface area contributed by atoms with Gasteiger partial charge in [0.2, 0.25) is 0 Å². The molecule has 0 aromatic heterocycles. The zero-order valence-corrected chi connectivity index (χ0v) is 11.2. The summed E-state index contributed by atoms with van der Waals surface area (Å²) >= 11 is 5.97. The Kier molecular flexibility index (Phi) is 4.01. The van der Waals surface area contributed by atoms with E-state index in [0.717, 1.165) is 0 Å². The molecule has 7 heteroatoms. The Morgan fingerprint density at radius 3 is 2.95 bits per heavy atom. The number of amides is 1. The second-order valence-electron chi connectivity index (χ2n) is 4.53. The summed E-state index contributed by atoms with van der Waals surface area (Å²) in [4.78, 5) is 24.2. The summed E-state index contributed by atoms with van der Waals surface area (Å²) in [6.45, 7) is 3.83. The third kappa shape index (κ3) is 3.02. The predicted molar refractivity (Wildman–Crippen MR) is 71.5 cm³/mol. The minimum Gasteiger partial charge on any atom is -0.336 e. The van der Waals surface area contributed by atoms with Crippen LogP contribution in [0.3, 0.4) is 0 Å². The number of rotatable bonds is 2. The van der Waals surface area contributed by atoms with Gasteiger partial charge in [-0.1, -0.05) is 11.6 Å². The minimum atomic E-state index is -0.534. The second kappa shape index (κ2) is 5.54. The van der Waals surface area contributed by atoms with Gasteiger partial charge in [0.25, 0.3) is 11.6 Å². The highest BCUT2D eigenvalue weighted by Gasteiger charge is 2.24. The molecule has 0 spiro atoms. The molecule has 102 valence electrons. The van der Waals surface area contributed by atoms with Gasteiger partial charge < -0.3 is 10.2 Å². The number of non-ortho nitro benzene ring substituents is 1. The molecular formula is C12H14ClN3O3. The smallest absolute Gasteiger partial charge is 0.270 e. The van der Waals surface area contributed by atoms with E-state index < -0.39 is 4.92 Å². The van der Waals surface area contributed by atoms with Gasteiger partial charge in [0, 0.05) is 37.8 Å². The van der Waals surface area contributed by atoms with E-state index in [1.807, 2.05) is 6.92 Å². The highest BCUT2D eigenvalue weighted by Crippen LogP contribution is 2.23. The van der Waals surface area contributed by atoms with Gasteiger partial charge in [0.05, 0.1) is 15.5 Å². The van der Waals surface area contributed by atoms with E-state index in [0.29, 0.717) is 19.6 Å². The molecule has 1 aromatic rings. The van der Waals surface area contributed by atoms with Crippen LogP contribution in [-0.2, 0) is 0 Å². The Labute approximate surface area is 115 Å². The average molecular weight is 284 g/mol. The SMILES string of the molecule is CC1CN(C(=O)c2cc([N+](=O)[O-])ccc2Cl)CCN1. The monoisotopic (exact) mass is 283 g/mol. The third-order valence-electron chi connectivity index (χ3n) is 3.05. The van der Waals surface area contributed by atoms with Crippen LogP contribution in [0.15, 0.2) is 18.2 Å². The van der Waals surface area contributed by atoms with E-state index in [1.54, 1.807) is 4.90 Å². The number of nitro benzene ring substituents is 1. The lowest BCUT2D eigenvalue weighted by Gasteiger charge is -2.32. The van der Waals surface area contributed by atoms with Gasteiger partial charge in [0.15, 0.2) is 0 Å². The Bertz CT molecular complexity index is 521. The van der Waals surface area contributed by atoms with Crippen LogP contribution in [0.1, 0.15) is 17.3 Å². The van der Waals surface area contributed by atoms with Crippen LogP contribution in [0.2, 0.25) is 5.02 Å². The number of halogens is 1. The molecule has 1 aliphatic rings. The summed E-state index contributed by atoms with van der Waals surface area (Å²) in [6.07, 6.45) is 0. The van der Waals surface area contributed by atoms with Crippen LogP contribution in [-0.4, -0.2) is 41.4 Å². The zero-order valence-electron chi connectivity index (χ0n) is 10.4. The molecule has 1 aliphatic heterocycles. The molecule has 1 saturated heterocycles. The minimum absolute atomic E-state index is 0.129. The number of hydrogen-bond donors (Lipinski definition) is 1. The van der Waals surface area contributed by atoms with Crippen molar-refractivity contribution in [2.75, 3.05) is 19.6 Å². The summed E-state index contributed by atoms with van der Waals surface area (Å²) in [6, 6.07) is 4.12. The number of benzene rings is 1. The molecule has 1 fully saturated rings. The molecule has 1 N–H and O–H groups in total. The quantitative estimate of drug-likeness (QED) is 0.662. The number of nitrogens with one attached hydrogen (secondary N) is 1. The summed E-state index contributed by atoms with van der Waals surface area (Å²) in [5.74, 6) is -0.262. The van der Waals surface area contributed by atoms with Crippen molar-refractivity contribution in [2.24, 2.45) is 0 Å². The maximum absolute atomic E-state index is 12.3. The van der Waals surface area contributed by atoms with Gasteiger partial charge in [-0.15, -0.1) is 0 Å². The Hall–Kier alpha value is -1.66. The van der Waals surface area contributed by atoms with E-state index in [2.05, 4.69) is 5.32 Å². The molecule has 19 heavy (non-hydrogen) atoms. The molecule has 2 rings (SSSR count). The normalized spacial score (nSPS) is 19.3. The summed E-state index contributed by atoms with van der Waals surface area (Å²) < 4.78 is 0. The fourth-order valence-electron chi connectivity index (χ4n) is 2.08. The Balaban J connectivity index is 2.27. The molecule has 0 saturated carbocycles. The number of piperazine rings is 1. The molecule has 1 atom stereocenters. The molecule has 1 aromatic carbocycles. The third-order valence-corrected chi connectivity index (χ3v) is 3.38. The van der Waals surface area contributed by atoms with E-state index in [1.165, 1.54) is 18.2 Å². The summed E-state index contributed by atoms with van der Waals surface area (Å²) in [7, 11) is 0. The Morgan fingerprint density at radius 1 is 1.58 bits per heavy atom. The van der Waals surface area contributed by atoms with Crippen LogP contribution in [0.4, 0.5) is 5.69 Å². The first kappa shape index (κ1) is 13.8. The van der Waals surface area contributed by atoms with Gasteiger partial charge in [-0.3, -0.25) is 14.9 Å².